The quantitative estimate of drug-likeness (QED) is 0.735. The maximum atomic E-state index is 4.67. The van der Waals surface area contributed by atoms with Crippen molar-refractivity contribution in [2.45, 2.75) is 20.8 Å². The van der Waals surface area contributed by atoms with Gasteiger partial charge in [0, 0.05) is 5.56 Å². The molecule has 1 aromatic heterocycles. The van der Waals surface area contributed by atoms with Gasteiger partial charge in [-0.15, -0.1) is 0 Å². The number of allylic oxidation sites excluding steroid dienone is 1. The Hall–Kier alpha value is -1.89. The Balaban J connectivity index is 2.54. The van der Waals surface area contributed by atoms with Crippen LogP contribution >= 0.6 is 0 Å². The molecule has 86 valence electrons. The van der Waals surface area contributed by atoms with E-state index in [4.69, 9.17) is 0 Å². The predicted molar refractivity (Wildman–Crippen MR) is 73.9 cm³/mol. The lowest BCUT2D eigenvalue weighted by molar-refractivity contribution is 1.23. The van der Waals surface area contributed by atoms with Gasteiger partial charge in [-0.2, -0.15) is 0 Å². The average Bonchev–Trinajstić information content (AvgIpc) is 2.31. The van der Waals surface area contributed by atoms with Crippen LogP contribution < -0.4 is 0 Å². The molecule has 0 spiro atoms. The van der Waals surface area contributed by atoms with Crippen molar-refractivity contribution < 1.29 is 0 Å². The van der Waals surface area contributed by atoms with E-state index < -0.39 is 0 Å². The van der Waals surface area contributed by atoms with E-state index in [0.717, 1.165) is 22.5 Å². The van der Waals surface area contributed by atoms with Crippen LogP contribution in [0.1, 0.15) is 23.7 Å². The van der Waals surface area contributed by atoms with Gasteiger partial charge in [0.1, 0.15) is 0 Å². The van der Waals surface area contributed by atoms with E-state index in [0.29, 0.717) is 0 Å². The molecule has 1 nitrogen and oxygen atoms in total. The van der Waals surface area contributed by atoms with Gasteiger partial charge in [-0.05, 0) is 38.0 Å². The molecular weight excluding hydrogens is 206 g/mol. The molecule has 0 fully saturated rings. The van der Waals surface area contributed by atoms with Crippen LogP contribution in [-0.4, -0.2) is 4.98 Å². The summed E-state index contributed by atoms with van der Waals surface area (Å²) in [6.45, 7) is 10.1. The molecule has 0 unspecified atom stereocenters. The highest BCUT2D eigenvalue weighted by Gasteiger charge is 2.05. The van der Waals surface area contributed by atoms with Crippen LogP contribution in [0.2, 0.25) is 0 Å². The molecule has 2 rings (SSSR count). The molecule has 0 aliphatic rings. The number of benzene rings is 1. The van der Waals surface area contributed by atoms with Crippen molar-refractivity contribution in [1.82, 2.24) is 4.98 Å². The highest BCUT2D eigenvalue weighted by molar-refractivity contribution is 5.67. The first kappa shape index (κ1) is 11.6. The van der Waals surface area contributed by atoms with E-state index in [-0.39, 0.29) is 0 Å². The molecule has 2 aromatic rings. The SMILES string of the molecule is C=C(C)c1ccc(C)c(-c2ccc(C)cc2)n1. The number of pyridine rings is 1. The molecule has 1 aromatic carbocycles. The standard InChI is InChI=1S/C16H17N/c1-11(2)15-10-7-13(4)16(17-15)14-8-5-12(3)6-9-14/h5-10H,1H2,2-4H3. The highest BCUT2D eigenvalue weighted by atomic mass is 14.7. The molecule has 0 saturated carbocycles. The molecular formula is C16H17N. The number of aryl methyl sites for hydroxylation is 2. The lowest BCUT2D eigenvalue weighted by Crippen LogP contribution is -1.93. The molecule has 0 atom stereocenters. The minimum Gasteiger partial charge on any atom is -0.248 e. The first-order valence-electron chi connectivity index (χ1n) is 5.78. The highest BCUT2D eigenvalue weighted by Crippen LogP contribution is 2.23. The van der Waals surface area contributed by atoms with Gasteiger partial charge in [0.2, 0.25) is 0 Å². The molecule has 0 aliphatic carbocycles. The maximum Gasteiger partial charge on any atom is 0.0738 e. The van der Waals surface area contributed by atoms with Crippen molar-refractivity contribution in [1.29, 1.82) is 0 Å². The smallest absolute Gasteiger partial charge is 0.0738 e. The van der Waals surface area contributed by atoms with E-state index >= 15 is 0 Å². The summed E-state index contributed by atoms with van der Waals surface area (Å²) in [6, 6.07) is 12.6. The summed E-state index contributed by atoms with van der Waals surface area (Å²) in [4.78, 5) is 4.67. The summed E-state index contributed by atoms with van der Waals surface area (Å²) in [5.41, 5.74) is 6.63. The van der Waals surface area contributed by atoms with Gasteiger partial charge >= 0.3 is 0 Å². The van der Waals surface area contributed by atoms with Crippen LogP contribution in [0.25, 0.3) is 16.8 Å². The van der Waals surface area contributed by atoms with Crippen LogP contribution in [0.15, 0.2) is 43.0 Å². The second-order valence-electron chi connectivity index (χ2n) is 4.51. The van der Waals surface area contributed by atoms with Crippen molar-refractivity contribution in [3.05, 3.63) is 59.8 Å². The van der Waals surface area contributed by atoms with Crippen molar-refractivity contribution in [3.8, 4) is 11.3 Å². The fourth-order valence-corrected chi connectivity index (χ4v) is 1.77. The van der Waals surface area contributed by atoms with Crippen molar-refractivity contribution in [2.24, 2.45) is 0 Å². The van der Waals surface area contributed by atoms with Gasteiger partial charge in [0.15, 0.2) is 0 Å². The Morgan fingerprint density at radius 1 is 1.00 bits per heavy atom. The van der Waals surface area contributed by atoms with Crippen molar-refractivity contribution in [3.63, 3.8) is 0 Å². The Kier molecular flexibility index (Phi) is 3.10. The van der Waals surface area contributed by atoms with Crippen LogP contribution in [0.3, 0.4) is 0 Å². The number of rotatable bonds is 2. The zero-order chi connectivity index (χ0) is 12.4. The summed E-state index contributed by atoms with van der Waals surface area (Å²) in [6.07, 6.45) is 0. The molecule has 0 radical (unpaired) electrons. The van der Waals surface area contributed by atoms with Gasteiger partial charge < -0.3 is 0 Å². The third-order valence-electron chi connectivity index (χ3n) is 2.86. The Morgan fingerprint density at radius 3 is 2.24 bits per heavy atom. The molecule has 0 aliphatic heterocycles. The Morgan fingerprint density at radius 2 is 1.65 bits per heavy atom. The summed E-state index contributed by atoms with van der Waals surface area (Å²) in [5.74, 6) is 0. The van der Waals surface area contributed by atoms with E-state index in [2.05, 4.69) is 55.7 Å². The van der Waals surface area contributed by atoms with Gasteiger partial charge in [0.25, 0.3) is 0 Å². The summed E-state index contributed by atoms with van der Waals surface area (Å²) in [5, 5.41) is 0. The lowest BCUT2D eigenvalue weighted by atomic mass is 10.0. The largest absolute Gasteiger partial charge is 0.248 e. The van der Waals surface area contributed by atoms with E-state index in [1.807, 2.05) is 13.0 Å². The summed E-state index contributed by atoms with van der Waals surface area (Å²) >= 11 is 0. The summed E-state index contributed by atoms with van der Waals surface area (Å²) in [7, 11) is 0. The number of hydrogen-bond donors (Lipinski definition) is 0. The van der Waals surface area contributed by atoms with E-state index in [9.17, 15) is 0 Å². The van der Waals surface area contributed by atoms with E-state index in [1.165, 1.54) is 11.1 Å². The molecule has 0 saturated heterocycles. The lowest BCUT2D eigenvalue weighted by Gasteiger charge is -2.08. The van der Waals surface area contributed by atoms with Gasteiger partial charge in [0.05, 0.1) is 11.4 Å². The molecule has 17 heavy (non-hydrogen) atoms. The number of nitrogens with zero attached hydrogens (tertiary/aromatic N) is 1. The molecule has 0 N–H and O–H groups in total. The minimum absolute atomic E-state index is 0.964. The Labute approximate surface area is 103 Å². The zero-order valence-corrected chi connectivity index (χ0v) is 10.6. The maximum absolute atomic E-state index is 4.67. The van der Waals surface area contributed by atoms with Crippen LogP contribution in [0.4, 0.5) is 0 Å². The van der Waals surface area contributed by atoms with Gasteiger partial charge in [-0.25, -0.2) is 4.98 Å². The van der Waals surface area contributed by atoms with Crippen LogP contribution in [-0.2, 0) is 0 Å². The first-order chi connectivity index (χ1) is 8.08. The molecule has 1 heterocycles. The molecule has 1 heteroatoms. The van der Waals surface area contributed by atoms with Crippen LogP contribution in [0, 0.1) is 13.8 Å². The molecule has 0 bridgehead atoms. The fourth-order valence-electron chi connectivity index (χ4n) is 1.77. The fraction of sp³-hybridized carbons (Fsp3) is 0.188. The zero-order valence-electron chi connectivity index (χ0n) is 10.6. The predicted octanol–water partition coefficient (Wildman–Crippen LogP) is 4.40. The molecule has 0 amide bonds. The van der Waals surface area contributed by atoms with E-state index in [1.54, 1.807) is 0 Å². The summed E-state index contributed by atoms with van der Waals surface area (Å²) < 4.78 is 0. The number of hydrogen-bond acceptors (Lipinski definition) is 1. The minimum atomic E-state index is 0.964. The third-order valence-corrected chi connectivity index (χ3v) is 2.86. The Bertz CT molecular complexity index is 550. The normalized spacial score (nSPS) is 10.3. The van der Waals surface area contributed by atoms with Crippen LogP contribution in [0.5, 0.6) is 0 Å². The second-order valence-corrected chi connectivity index (χ2v) is 4.51. The average molecular weight is 223 g/mol. The van der Waals surface area contributed by atoms with Crippen molar-refractivity contribution in [2.75, 3.05) is 0 Å². The topological polar surface area (TPSA) is 12.9 Å². The monoisotopic (exact) mass is 223 g/mol. The number of aromatic nitrogens is 1. The second kappa shape index (κ2) is 4.54. The van der Waals surface area contributed by atoms with Gasteiger partial charge in [-0.1, -0.05) is 42.5 Å². The van der Waals surface area contributed by atoms with Gasteiger partial charge in [-0.3, -0.25) is 0 Å². The van der Waals surface area contributed by atoms with Crippen molar-refractivity contribution >= 4 is 5.57 Å². The first-order valence-corrected chi connectivity index (χ1v) is 5.78. The third kappa shape index (κ3) is 2.44.